The minimum atomic E-state index is 0. The molecule has 2 rings (SSSR count). The molecule has 3 heteroatoms. The summed E-state index contributed by atoms with van der Waals surface area (Å²) in [4.78, 5) is 10.4. The van der Waals surface area contributed by atoms with Crippen molar-refractivity contribution in [3.8, 4) is 0 Å². The number of fused-ring (bicyclic) bond motifs is 1. The molecule has 0 aromatic carbocycles. The van der Waals surface area contributed by atoms with Crippen LogP contribution in [0.4, 0.5) is 0 Å². The number of hydrogen-bond donors (Lipinski definition) is 0. The average Bonchev–Trinajstić information content (AvgIpc) is 2.27. The zero-order valence-electron chi connectivity index (χ0n) is 5.53. The van der Waals surface area contributed by atoms with Gasteiger partial charge in [0, 0.05) is 16.5 Å². The number of aromatic nitrogens is 2. The fraction of sp³-hybridized carbons (Fsp3) is 0.250. The third-order valence-corrected chi connectivity index (χ3v) is 2.29. The maximum atomic E-state index is 4.11. The molecule has 0 aliphatic heterocycles. The molecule has 2 aromatic rings. The van der Waals surface area contributed by atoms with Crippen LogP contribution < -0.4 is 0 Å². The van der Waals surface area contributed by atoms with Gasteiger partial charge in [0.2, 0.25) is 0 Å². The lowest BCUT2D eigenvalue weighted by Gasteiger charge is -1.81. The Morgan fingerprint density at radius 1 is 1.45 bits per heavy atom. The highest BCUT2D eigenvalue weighted by Gasteiger charge is 1.96. The van der Waals surface area contributed by atoms with Crippen molar-refractivity contribution >= 4 is 21.6 Å². The first-order chi connectivity index (χ1) is 4.86. The van der Waals surface area contributed by atoms with Gasteiger partial charge in [-0.2, -0.15) is 0 Å². The number of rotatable bonds is 0. The van der Waals surface area contributed by atoms with Crippen molar-refractivity contribution < 1.29 is 0 Å². The van der Waals surface area contributed by atoms with Crippen molar-refractivity contribution in [1.82, 2.24) is 9.97 Å². The number of nitrogens with zero attached hydrogens (tertiary/aromatic N) is 2. The first-order valence-corrected chi connectivity index (χ1v) is 3.84. The SMILES string of the molecule is C.Cc1cc2cncnc2s1. The van der Waals surface area contributed by atoms with Crippen LogP contribution in [0.3, 0.4) is 0 Å². The Morgan fingerprint density at radius 2 is 2.27 bits per heavy atom. The Morgan fingerprint density at radius 3 is 3.00 bits per heavy atom. The van der Waals surface area contributed by atoms with E-state index in [0.29, 0.717) is 0 Å². The predicted octanol–water partition coefficient (Wildman–Crippen LogP) is 2.64. The topological polar surface area (TPSA) is 25.8 Å². The summed E-state index contributed by atoms with van der Waals surface area (Å²) < 4.78 is 0. The van der Waals surface area contributed by atoms with Crippen LogP contribution in [-0.2, 0) is 0 Å². The van der Waals surface area contributed by atoms with E-state index < -0.39 is 0 Å². The van der Waals surface area contributed by atoms with Crippen molar-refractivity contribution in [1.29, 1.82) is 0 Å². The first-order valence-electron chi connectivity index (χ1n) is 3.02. The van der Waals surface area contributed by atoms with Crippen molar-refractivity contribution in [3.05, 3.63) is 23.5 Å². The lowest BCUT2D eigenvalue weighted by Crippen LogP contribution is -1.71. The molecule has 0 radical (unpaired) electrons. The summed E-state index contributed by atoms with van der Waals surface area (Å²) in [6.07, 6.45) is 3.42. The molecule has 0 aliphatic carbocycles. The zero-order valence-corrected chi connectivity index (χ0v) is 6.35. The molecule has 0 amide bonds. The summed E-state index contributed by atoms with van der Waals surface area (Å²) >= 11 is 1.70. The maximum Gasteiger partial charge on any atom is 0.126 e. The summed E-state index contributed by atoms with van der Waals surface area (Å²) in [6.45, 7) is 2.08. The predicted molar refractivity (Wildman–Crippen MR) is 48.9 cm³/mol. The molecule has 0 bridgehead atoms. The summed E-state index contributed by atoms with van der Waals surface area (Å²) in [6, 6.07) is 2.10. The van der Waals surface area contributed by atoms with E-state index in [4.69, 9.17) is 0 Å². The van der Waals surface area contributed by atoms with Gasteiger partial charge in [0.05, 0.1) is 0 Å². The molecular formula is C8H10N2S. The number of aryl methyl sites for hydroxylation is 1. The monoisotopic (exact) mass is 166 g/mol. The van der Waals surface area contributed by atoms with E-state index in [1.165, 1.54) is 4.88 Å². The molecule has 2 heterocycles. The molecule has 0 fully saturated rings. The second-order valence-corrected chi connectivity index (χ2v) is 3.38. The second-order valence-electron chi connectivity index (χ2n) is 2.14. The minimum Gasteiger partial charge on any atom is -0.244 e. The number of thiophene rings is 1. The molecule has 0 saturated heterocycles. The molecule has 0 unspecified atom stereocenters. The van der Waals surface area contributed by atoms with Gasteiger partial charge in [0.25, 0.3) is 0 Å². The first kappa shape index (κ1) is 8.14. The van der Waals surface area contributed by atoms with Crippen LogP contribution >= 0.6 is 11.3 Å². The highest BCUT2D eigenvalue weighted by Crippen LogP contribution is 2.20. The average molecular weight is 166 g/mol. The molecular weight excluding hydrogens is 156 g/mol. The molecule has 58 valence electrons. The lowest BCUT2D eigenvalue weighted by molar-refractivity contribution is 1.23. The Hall–Kier alpha value is -0.960. The third-order valence-electron chi connectivity index (χ3n) is 1.32. The van der Waals surface area contributed by atoms with Crippen LogP contribution in [0.15, 0.2) is 18.6 Å². The smallest absolute Gasteiger partial charge is 0.126 e. The van der Waals surface area contributed by atoms with Gasteiger partial charge in [-0.1, -0.05) is 7.43 Å². The normalized spacial score (nSPS) is 9.55. The van der Waals surface area contributed by atoms with Gasteiger partial charge in [-0.25, -0.2) is 9.97 Å². The quantitative estimate of drug-likeness (QED) is 0.601. The van der Waals surface area contributed by atoms with Crippen LogP contribution in [-0.4, -0.2) is 9.97 Å². The molecule has 0 N–H and O–H groups in total. The Kier molecular flexibility index (Phi) is 2.19. The van der Waals surface area contributed by atoms with Crippen molar-refractivity contribution in [2.45, 2.75) is 14.4 Å². The fourth-order valence-corrected chi connectivity index (χ4v) is 1.73. The van der Waals surface area contributed by atoms with Gasteiger partial charge in [-0.3, -0.25) is 0 Å². The van der Waals surface area contributed by atoms with E-state index >= 15 is 0 Å². The van der Waals surface area contributed by atoms with Crippen molar-refractivity contribution in [2.75, 3.05) is 0 Å². The van der Waals surface area contributed by atoms with E-state index in [9.17, 15) is 0 Å². The Balaban J connectivity index is 0.000000605. The van der Waals surface area contributed by atoms with Crippen molar-refractivity contribution in [2.24, 2.45) is 0 Å². The van der Waals surface area contributed by atoms with E-state index in [2.05, 4.69) is 23.0 Å². The summed E-state index contributed by atoms with van der Waals surface area (Å²) in [7, 11) is 0. The highest BCUT2D eigenvalue weighted by molar-refractivity contribution is 7.18. The zero-order chi connectivity index (χ0) is 6.97. The summed E-state index contributed by atoms with van der Waals surface area (Å²) in [5.41, 5.74) is 0. The molecule has 11 heavy (non-hydrogen) atoms. The van der Waals surface area contributed by atoms with Crippen LogP contribution in [0.2, 0.25) is 0 Å². The molecule has 0 aliphatic rings. The van der Waals surface area contributed by atoms with E-state index in [-0.39, 0.29) is 7.43 Å². The molecule has 0 saturated carbocycles. The van der Waals surface area contributed by atoms with E-state index in [0.717, 1.165) is 10.2 Å². The van der Waals surface area contributed by atoms with Crippen LogP contribution in [0.25, 0.3) is 10.2 Å². The summed E-state index contributed by atoms with van der Waals surface area (Å²) in [5.74, 6) is 0. The standard InChI is InChI=1S/C7H6N2S.CH4/c1-5-2-6-3-8-4-9-7(6)10-5;/h2-4H,1H3;1H4. The molecule has 2 nitrogen and oxygen atoms in total. The number of hydrogen-bond acceptors (Lipinski definition) is 3. The van der Waals surface area contributed by atoms with Crippen LogP contribution in [0.1, 0.15) is 12.3 Å². The second kappa shape index (κ2) is 2.96. The Bertz CT molecular complexity index is 321. The third kappa shape index (κ3) is 1.38. The molecule has 0 atom stereocenters. The molecule has 2 aromatic heterocycles. The van der Waals surface area contributed by atoms with Crippen LogP contribution in [0, 0.1) is 6.92 Å². The Labute approximate surface area is 69.9 Å². The largest absolute Gasteiger partial charge is 0.244 e. The van der Waals surface area contributed by atoms with Gasteiger partial charge in [-0.15, -0.1) is 11.3 Å². The van der Waals surface area contributed by atoms with Crippen molar-refractivity contribution in [3.63, 3.8) is 0 Å². The highest BCUT2D eigenvalue weighted by atomic mass is 32.1. The van der Waals surface area contributed by atoms with Gasteiger partial charge in [0.1, 0.15) is 11.2 Å². The van der Waals surface area contributed by atoms with Gasteiger partial charge >= 0.3 is 0 Å². The van der Waals surface area contributed by atoms with Gasteiger partial charge in [0.15, 0.2) is 0 Å². The van der Waals surface area contributed by atoms with Gasteiger partial charge < -0.3 is 0 Å². The molecule has 0 spiro atoms. The maximum absolute atomic E-state index is 4.11. The van der Waals surface area contributed by atoms with E-state index in [1.54, 1.807) is 17.7 Å². The van der Waals surface area contributed by atoms with E-state index in [1.807, 2.05) is 6.20 Å². The minimum absolute atomic E-state index is 0. The van der Waals surface area contributed by atoms with Crippen LogP contribution in [0.5, 0.6) is 0 Å². The van der Waals surface area contributed by atoms with Gasteiger partial charge in [-0.05, 0) is 13.0 Å². The fourth-order valence-electron chi connectivity index (χ4n) is 0.914. The lowest BCUT2D eigenvalue weighted by atomic mass is 10.4. The summed E-state index contributed by atoms with van der Waals surface area (Å²) in [5, 5.41) is 1.14.